The lowest BCUT2D eigenvalue weighted by molar-refractivity contribution is -0.151. The van der Waals surface area contributed by atoms with Gasteiger partial charge in [0.25, 0.3) is 0 Å². The number of rotatable bonds is 52. The highest BCUT2D eigenvalue weighted by molar-refractivity contribution is 5.77. The minimum Gasteiger partial charge on any atom is -0.462 e. The van der Waals surface area contributed by atoms with Crippen LogP contribution in [0.2, 0.25) is 0 Å². The molecule has 0 fully saturated rings. The van der Waals surface area contributed by atoms with Gasteiger partial charge >= 0.3 is 5.97 Å². The van der Waals surface area contributed by atoms with Gasteiger partial charge in [-0.05, 0) is 57.8 Å². The van der Waals surface area contributed by atoms with Crippen LogP contribution in [0.5, 0.6) is 0 Å². The van der Waals surface area contributed by atoms with Gasteiger partial charge in [0, 0.05) is 6.42 Å². The van der Waals surface area contributed by atoms with E-state index in [1.54, 1.807) is 0 Å². The first-order valence-corrected chi connectivity index (χ1v) is 28.7. The highest BCUT2D eigenvalue weighted by Crippen LogP contribution is 2.18. The molecule has 0 aliphatic heterocycles. The SMILES string of the molecule is CC/C=C/C/C=C/C/C=C/CCCCC(CC(=O)NC(CO)C(O)CCCCCCCCCCCCCCCCC)OC(=O)CCCCCCCCCCCCCCCCCCCCC. The molecule has 0 aromatic heterocycles. The highest BCUT2D eigenvalue weighted by atomic mass is 16.5. The summed E-state index contributed by atoms with van der Waals surface area (Å²) in [6.07, 6.45) is 63.6. The summed E-state index contributed by atoms with van der Waals surface area (Å²) in [5, 5.41) is 23.8. The summed E-state index contributed by atoms with van der Waals surface area (Å²) in [6.45, 7) is 6.39. The zero-order valence-corrected chi connectivity index (χ0v) is 43.6. The molecule has 0 bridgehead atoms. The average Bonchev–Trinajstić information content (AvgIpc) is 3.30. The molecule has 0 heterocycles. The fraction of sp³-hybridized carbons (Fsp3) is 0.864. The lowest BCUT2D eigenvalue weighted by Gasteiger charge is -2.24. The molecular formula is C59H111NO5. The van der Waals surface area contributed by atoms with E-state index in [0.717, 1.165) is 77.0 Å². The number of esters is 1. The molecule has 3 unspecified atom stereocenters. The second-order valence-corrected chi connectivity index (χ2v) is 19.7. The van der Waals surface area contributed by atoms with Crippen molar-refractivity contribution in [3.63, 3.8) is 0 Å². The Kier molecular flexibility index (Phi) is 51.5. The Morgan fingerprint density at radius 3 is 1.25 bits per heavy atom. The lowest BCUT2D eigenvalue weighted by Crippen LogP contribution is -2.46. The van der Waals surface area contributed by atoms with E-state index in [2.05, 4.69) is 62.5 Å². The monoisotopic (exact) mass is 914 g/mol. The molecule has 1 amide bonds. The number of hydrogen-bond donors (Lipinski definition) is 3. The molecule has 0 aliphatic carbocycles. The summed E-state index contributed by atoms with van der Waals surface area (Å²) in [7, 11) is 0. The van der Waals surface area contributed by atoms with Gasteiger partial charge < -0.3 is 20.3 Å². The van der Waals surface area contributed by atoms with Crippen molar-refractivity contribution in [1.82, 2.24) is 5.32 Å². The maximum atomic E-state index is 13.2. The van der Waals surface area contributed by atoms with Gasteiger partial charge in [-0.3, -0.25) is 9.59 Å². The molecule has 382 valence electrons. The number of nitrogens with one attached hydrogen (secondary N) is 1. The number of carbonyl (C=O) groups is 2. The van der Waals surface area contributed by atoms with Crippen molar-refractivity contribution in [3.8, 4) is 0 Å². The molecule has 0 radical (unpaired) electrons. The summed E-state index contributed by atoms with van der Waals surface area (Å²) < 4.78 is 5.94. The average molecular weight is 915 g/mol. The third kappa shape index (κ3) is 48.3. The van der Waals surface area contributed by atoms with E-state index >= 15 is 0 Å². The second kappa shape index (κ2) is 53.0. The molecule has 3 N–H and O–H groups in total. The topological polar surface area (TPSA) is 95.9 Å². The Balaban J connectivity index is 4.47. The van der Waals surface area contributed by atoms with Crippen LogP contribution in [0.3, 0.4) is 0 Å². The van der Waals surface area contributed by atoms with Gasteiger partial charge in [-0.1, -0.05) is 269 Å². The van der Waals surface area contributed by atoms with Crippen LogP contribution in [0.25, 0.3) is 0 Å². The molecule has 6 nitrogen and oxygen atoms in total. The number of amides is 1. The van der Waals surface area contributed by atoms with Crippen LogP contribution in [-0.4, -0.2) is 46.9 Å². The summed E-state index contributed by atoms with van der Waals surface area (Å²) in [4.78, 5) is 26.2. The van der Waals surface area contributed by atoms with E-state index in [1.165, 1.54) is 180 Å². The largest absolute Gasteiger partial charge is 0.462 e. The third-order valence-corrected chi connectivity index (χ3v) is 13.2. The molecule has 0 aromatic carbocycles. The minimum atomic E-state index is -0.796. The van der Waals surface area contributed by atoms with Crippen LogP contribution in [-0.2, 0) is 14.3 Å². The molecule has 0 aliphatic rings. The Morgan fingerprint density at radius 2 is 0.831 bits per heavy atom. The zero-order valence-electron chi connectivity index (χ0n) is 43.6. The van der Waals surface area contributed by atoms with Crippen LogP contribution in [0, 0.1) is 0 Å². The smallest absolute Gasteiger partial charge is 0.306 e. The van der Waals surface area contributed by atoms with Gasteiger partial charge in [0.1, 0.15) is 6.10 Å². The number of aliphatic hydroxyl groups is 2. The number of hydrogen-bond acceptors (Lipinski definition) is 5. The highest BCUT2D eigenvalue weighted by Gasteiger charge is 2.24. The van der Waals surface area contributed by atoms with Crippen LogP contribution in [0.4, 0.5) is 0 Å². The second-order valence-electron chi connectivity index (χ2n) is 19.7. The summed E-state index contributed by atoms with van der Waals surface area (Å²) in [5.74, 6) is -0.497. The number of aliphatic hydroxyl groups excluding tert-OH is 2. The minimum absolute atomic E-state index is 0.0558. The molecule has 0 saturated carbocycles. The Bertz CT molecular complexity index is 1070. The van der Waals surface area contributed by atoms with Crippen molar-refractivity contribution in [2.24, 2.45) is 0 Å². The maximum Gasteiger partial charge on any atom is 0.306 e. The number of unbranched alkanes of at least 4 members (excludes halogenated alkanes) is 34. The van der Waals surface area contributed by atoms with Crippen molar-refractivity contribution >= 4 is 11.9 Å². The molecule has 3 atom stereocenters. The third-order valence-electron chi connectivity index (χ3n) is 13.2. The standard InChI is InChI=1S/C59H111NO5/c1-4-7-10-13-16-19-22-25-27-28-29-30-32-34-37-40-43-46-49-52-59(64)65-55(50-47-44-41-38-35-24-21-18-15-12-9-6-3)53-58(63)60-56(54-61)57(62)51-48-45-42-39-36-33-31-26-23-20-17-14-11-8-5-2/h9,12,18,21,35,38,55-57,61-62H,4-8,10-11,13-17,19-20,22-34,36-37,39-54H2,1-3H3,(H,60,63)/b12-9+,21-18+,38-35+. The van der Waals surface area contributed by atoms with Crippen LogP contribution >= 0.6 is 0 Å². The van der Waals surface area contributed by atoms with Crippen molar-refractivity contribution in [2.45, 2.75) is 322 Å². The normalized spacial score (nSPS) is 13.4. The van der Waals surface area contributed by atoms with Crippen LogP contribution in [0.1, 0.15) is 303 Å². The predicted octanol–water partition coefficient (Wildman–Crippen LogP) is 17.6. The van der Waals surface area contributed by atoms with Gasteiger partial charge in [0.15, 0.2) is 0 Å². The van der Waals surface area contributed by atoms with Crippen LogP contribution < -0.4 is 5.32 Å². The summed E-state index contributed by atoms with van der Waals surface area (Å²) in [6, 6.07) is -0.711. The molecule has 0 aromatic rings. The van der Waals surface area contributed by atoms with Crippen molar-refractivity contribution in [1.29, 1.82) is 0 Å². The van der Waals surface area contributed by atoms with Gasteiger partial charge in [0.2, 0.25) is 5.91 Å². The fourth-order valence-electron chi connectivity index (χ4n) is 8.92. The molecule has 0 saturated heterocycles. The van der Waals surface area contributed by atoms with E-state index in [0.29, 0.717) is 19.3 Å². The summed E-state index contributed by atoms with van der Waals surface area (Å²) in [5.41, 5.74) is 0. The first kappa shape index (κ1) is 63.1. The van der Waals surface area contributed by atoms with E-state index in [9.17, 15) is 19.8 Å². The molecule has 0 rings (SSSR count). The first-order valence-electron chi connectivity index (χ1n) is 28.7. The predicted molar refractivity (Wildman–Crippen MR) is 282 cm³/mol. The maximum absolute atomic E-state index is 13.2. The number of ether oxygens (including phenoxy) is 1. The lowest BCUT2D eigenvalue weighted by atomic mass is 10.0. The quantitative estimate of drug-likeness (QED) is 0.0321. The molecule has 6 heteroatoms. The van der Waals surface area contributed by atoms with Gasteiger partial charge in [-0.2, -0.15) is 0 Å². The van der Waals surface area contributed by atoms with E-state index < -0.39 is 18.2 Å². The Morgan fingerprint density at radius 1 is 0.462 bits per heavy atom. The number of carbonyl (C=O) groups excluding carboxylic acids is 2. The van der Waals surface area contributed by atoms with Crippen LogP contribution in [0.15, 0.2) is 36.5 Å². The van der Waals surface area contributed by atoms with Crippen molar-refractivity contribution in [3.05, 3.63) is 36.5 Å². The van der Waals surface area contributed by atoms with E-state index in [1.807, 2.05) is 0 Å². The molecule has 0 spiro atoms. The number of allylic oxidation sites excluding steroid dienone is 6. The van der Waals surface area contributed by atoms with E-state index in [-0.39, 0.29) is 24.9 Å². The molecular weight excluding hydrogens is 803 g/mol. The fourth-order valence-corrected chi connectivity index (χ4v) is 8.92. The Hall–Kier alpha value is -1.92. The Labute approximate surface area is 404 Å². The van der Waals surface area contributed by atoms with Crippen molar-refractivity contribution < 1.29 is 24.5 Å². The van der Waals surface area contributed by atoms with E-state index in [4.69, 9.17) is 4.74 Å². The van der Waals surface area contributed by atoms with Crippen molar-refractivity contribution in [2.75, 3.05) is 6.61 Å². The summed E-state index contributed by atoms with van der Waals surface area (Å²) >= 11 is 0. The van der Waals surface area contributed by atoms with Gasteiger partial charge in [-0.25, -0.2) is 0 Å². The zero-order chi connectivity index (χ0) is 47.4. The van der Waals surface area contributed by atoms with Gasteiger partial charge in [0.05, 0.1) is 25.2 Å². The van der Waals surface area contributed by atoms with Gasteiger partial charge in [-0.15, -0.1) is 0 Å². The molecule has 65 heavy (non-hydrogen) atoms. The first-order chi connectivity index (χ1) is 32.0.